The lowest BCUT2D eigenvalue weighted by atomic mass is 9.98. The van der Waals surface area contributed by atoms with E-state index in [1.165, 1.54) is 19.1 Å². The molecule has 1 aromatic carbocycles. The first-order chi connectivity index (χ1) is 12.7. The van der Waals surface area contributed by atoms with E-state index in [1.54, 1.807) is 6.20 Å². The number of hydrogen-bond donors (Lipinski definition) is 2. The molecule has 7 heteroatoms. The van der Waals surface area contributed by atoms with Crippen molar-refractivity contribution in [2.24, 2.45) is 0 Å². The molecular weight excluding hydrogens is 330 g/mol. The van der Waals surface area contributed by atoms with Gasteiger partial charge in [0.25, 0.3) is 5.91 Å². The van der Waals surface area contributed by atoms with Crippen LogP contribution in [0.3, 0.4) is 0 Å². The molecule has 5 rings (SSSR count). The Balaban J connectivity index is 1.40. The first-order valence-electron chi connectivity index (χ1n) is 9.10. The normalized spacial score (nSPS) is 25.7. The van der Waals surface area contributed by atoms with Gasteiger partial charge in [0.15, 0.2) is 5.69 Å². The van der Waals surface area contributed by atoms with Gasteiger partial charge >= 0.3 is 0 Å². The Bertz CT molecular complexity index is 934. The van der Waals surface area contributed by atoms with Crippen LogP contribution < -0.4 is 5.32 Å². The number of aromatic nitrogens is 3. The van der Waals surface area contributed by atoms with Gasteiger partial charge in [-0.1, -0.05) is 0 Å². The van der Waals surface area contributed by atoms with Crippen molar-refractivity contribution in [3.63, 3.8) is 0 Å². The van der Waals surface area contributed by atoms with E-state index in [-0.39, 0.29) is 11.9 Å². The number of nitrogens with one attached hydrogen (secondary N) is 2. The Morgan fingerprint density at radius 1 is 1.31 bits per heavy atom. The summed E-state index contributed by atoms with van der Waals surface area (Å²) >= 11 is 0. The van der Waals surface area contributed by atoms with Gasteiger partial charge in [-0.05, 0) is 50.9 Å². The van der Waals surface area contributed by atoms with Crippen molar-refractivity contribution >= 4 is 16.8 Å². The van der Waals surface area contributed by atoms with Gasteiger partial charge in [0.2, 0.25) is 5.89 Å². The van der Waals surface area contributed by atoms with Crippen molar-refractivity contribution in [3.05, 3.63) is 36.4 Å². The van der Waals surface area contributed by atoms with Crippen LogP contribution in [0.5, 0.6) is 0 Å². The van der Waals surface area contributed by atoms with Crippen LogP contribution in [0.4, 0.5) is 0 Å². The highest BCUT2D eigenvalue weighted by atomic mass is 16.3. The average molecular weight is 351 g/mol. The van der Waals surface area contributed by atoms with Gasteiger partial charge in [-0.25, -0.2) is 4.98 Å². The standard InChI is InChI=1S/C19H21N5O2/c1-24-13-3-4-14(24)10-12(9-13)21-18(25)17-15-8-11(19-20-6-7-26-19)2-5-16(15)22-23-17/h2,5-8,12-14H,3-4,9-10H2,1H3,(H,21,25)(H,22,23)/t12-,13+,14-. The molecule has 0 unspecified atom stereocenters. The molecule has 2 aromatic heterocycles. The molecule has 2 aliphatic rings. The molecule has 2 saturated heterocycles. The topological polar surface area (TPSA) is 87.0 Å². The number of hydrogen-bond acceptors (Lipinski definition) is 5. The molecule has 2 aliphatic heterocycles. The number of carbonyl (C=O) groups is 1. The summed E-state index contributed by atoms with van der Waals surface area (Å²) in [5, 5.41) is 11.2. The summed E-state index contributed by atoms with van der Waals surface area (Å²) in [5.74, 6) is 0.418. The van der Waals surface area contributed by atoms with Crippen LogP contribution in [0.15, 0.2) is 35.1 Å². The second-order valence-electron chi connectivity index (χ2n) is 7.36. The Morgan fingerprint density at radius 2 is 2.12 bits per heavy atom. The third-order valence-corrected chi connectivity index (χ3v) is 5.89. The average Bonchev–Trinajstić information content (AvgIpc) is 3.34. The van der Waals surface area contributed by atoms with Gasteiger partial charge < -0.3 is 14.6 Å². The summed E-state index contributed by atoms with van der Waals surface area (Å²) in [4.78, 5) is 19.5. The van der Waals surface area contributed by atoms with Gasteiger partial charge in [-0.3, -0.25) is 9.89 Å². The Kier molecular flexibility index (Phi) is 3.56. The smallest absolute Gasteiger partial charge is 0.272 e. The number of amides is 1. The molecule has 0 radical (unpaired) electrons. The van der Waals surface area contributed by atoms with Crippen LogP contribution in [0.2, 0.25) is 0 Å². The van der Waals surface area contributed by atoms with Crippen LogP contribution in [-0.2, 0) is 0 Å². The highest BCUT2D eigenvalue weighted by Crippen LogP contribution is 2.34. The number of fused-ring (bicyclic) bond motifs is 3. The number of nitrogens with zero attached hydrogens (tertiary/aromatic N) is 3. The molecule has 3 atom stereocenters. The van der Waals surface area contributed by atoms with Crippen molar-refractivity contribution in [3.8, 4) is 11.5 Å². The van der Waals surface area contributed by atoms with Crippen LogP contribution in [0.1, 0.15) is 36.2 Å². The Morgan fingerprint density at radius 3 is 2.85 bits per heavy atom. The van der Waals surface area contributed by atoms with Crippen molar-refractivity contribution in [1.82, 2.24) is 25.4 Å². The van der Waals surface area contributed by atoms with Crippen LogP contribution in [0.25, 0.3) is 22.4 Å². The van der Waals surface area contributed by atoms with E-state index in [0.717, 1.165) is 29.3 Å². The molecular formula is C19H21N5O2. The molecule has 134 valence electrons. The molecule has 2 bridgehead atoms. The fraction of sp³-hybridized carbons (Fsp3) is 0.421. The second kappa shape index (κ2) is 5.95. The fourth-order valence-electron chi connectivity index (χ4n) is 4.47. The molecule has 1 amide bonds. The first-order valence-corrected chi connectivity index (χ1v) is 9.10. The van der Waals surface area contributed by atoms with E-state index < -0.39 is 0 Å². The van der Waals surface area contributed by atoms with Gasteiger partial charge in [-0.15, -0.1) is 0 Å². The van der Waals surface area contributed by atoms with Gasteiger partial charge in [0, 0.05) is 29.1 Å². The van der Waals surface area contributed by atoms with Gasteiger partial charge in [0.1, 0.15) is 6.26 Å². The summed E-state index contributed by atoms with van der Waals surface area (Å²) in [5.41, 5.74) is 2.09. The largest absolute Gasteiger partial charge is 0.445 e. The number of H-pyrrole nitrogens is 1. The zero-order valence-corrected chi connectivity index (χ0v) is 14.6. The lowest BCUT2D eigenvalue weighted by Crippen LogP contribution is -2.48. The third-order valence-electron chi connectivity index (χ3n) is 5.89. The van der Waals surface area contributed by atoms with E-state index in [4.69, 9.17) is 4.42 Å². The molecule has 2 N–H and O–H groups in total. The third kappa shape index (κ3) is 2.50. The van der Waals surface area contributed by atoms with E-state index in [2.05, 4.69) is 32.4 Å². The summed E-state index contributed by atoms with van der Waals surface area (Å²) in [6, 6.07) is 7.10. The highest BCUT2D eigenvalue weighted by Gasteiger charge is 2.39. The minimum Gasteiger partial charge on any atom is -0.445 e. The van der Waals surface area contributed by atoms with Crippen molar-refractivity contribution < 1.29 is 9.21 Å². The lowest BCUT2D eigenvalue weighted by molar-refractivity contribution is 0.0879. The van der Waals surface area contributed by atoms with E-state index in [0.29, 0.717) is 23.7 Å². The number of benzene rings is 1. The number of oxazole rings is 1. The van der Waals surface area contributed by atoms with Crippen LogP contribution >= 0.6 is 0 Å². The zero-order chi connectivity index (χ0) is 17.7. The fourth-order valence-corrected chi connectivity index (χ4v) is 4.47. The first kappa shape index (κ1) is 15.6. The lowest BCUT2D eigenvalue weighted by Gasteiger charge is -2.36. The molecule has 2 fully saturated rings. The number of aromatic amines is 1. The molecule has 26 heavy (non-hydrogen) atoms. The van der Waals surface area contributed by atoms with Gasteiger partial charge in [-0.2, -0.15) is 5.10 Å². The molecule has 7 nitrogen and oxygen atoms in total. The van der Waals surface area contributed by atoms with E-state index in [9.17, 15) is 4.79 Å². The molecule has 4 heterocycles. The van der Waals surface area contributed by atoms with Crippen LogP contribution in [-0.4, -0.2) is 51.2 Å². The number of piperidine rings is 1. The SMILES string of the molecule is CN1[C@@H]2CC[C@H]1C[C@@H](NC(=O)c1n[nH]c3ccc(-c4ncco4)cc13)C2. The molecule has 3 aromatic rings. The number of rotatable bonds is 3. The van der Waals surface area contributed by atoms with E-state index in [1.807, 2.05) is 18.2 Å². The summed E-state index contributed by atoms with van der Waals surface area (Å²) in [7, 11) is 2.20. The maximum absolute atomic E-state index is 12.9. The molecule has 0 aliphatic carbocycles. The van der Waals surface area contributed by atoms with E-state index >= 15 is 0 Å². The minimum atomic E-state index is -0.116. The zero-order valence-electron chi connectivity index (χ0n) is 14.6. The quantitative estimate of drug-likeness (QED) is 0.757. The molecule has 0 spiro atoms. The van der Waals surface area contributed by atoms with Crippen molar-refractivity contribution in [2.75, 3.05) is 7.05 Å². The Labute approximate surface area is 150 Å². The summed E-state index contributed by atoms with van der Waals surface area (Å²) in [6.07, 6.45) is 7.65. The Hall–Kier alpha value is -2.67. The summed E-state index contributed by atoms with van der Waals surface area (Å²) in [6.45, 7) is 0. The van der Waals surface area contributed by atoms with Crippen LogP contribution in [0, 0.1) is 0 Å². The minimum absolute atomic E-state index is 0.116. The maximum Gasteiger partial charge on any atom is 0.272 e. The van der Waals surface area contributed by atoms with Gasteiger partial charge in [0.05, 0.1) is 11.7 Å². The second-order valence-corrected chi connectivity index (χ2v) is 7.36. The molecule has 0 saturated carbocycles. The predicted molar refractivity (Wildman–Crippen MR) is 96.7 cm³/mol. The predicted octanol–water partition coefficient (Wildman–Crippen LogP) is 2.57. The number of carbonyl (C=O) groups excluding carboxylic acids is 1. The van der Waals surface area contributed by atoms with Crippen molar-refractivity contribution in [1.29, 1.82) is 0 Å². The maximum atomic E-state index is 12.9. The van der Waals surface area contributed by atoms with Crippen molar-refractivity contribution in [2.45, 2.75) is 43.8 Å². The summed E-state index contributed by atoms with van der Waals surface area (Å²) < 4.78 is 5.36. The highest BCUT2D eigenvalue weighted by molar-refractivity contribution is 6.05. The monoisotopic (exact) mass is 351 g/mol.